The molecule has 6 atom stereocenters. The zero-order valence-electron chi connectivity index (χ0n) is 17.8. The molecule has 0 saturated carbocycles. The lowest BCUT2D eigenvalue weighted by Gasteiger charge is -2.44. The fraction of sp³-hybridized carbons (Fsp3) is 0.500. The summed E-state index contributed by atoms with van der Waals surface area (Å²) in [4.78, 5) is 15.9. The van der Waals surface area contributed by atoms with Crippen LogP contribution in [-0.2, 0) is 9.53 Å². The Morgan fingerprint density at radius 1 is 1.15 bits per heavy atom. The zero-order chi connectivity index (χ0) is 23.9. The predicted molar refractivity (Wildman–Crippen MR) is 122 cm³/mol. The summed E-state index contributed by atoms with van der Waals surface area (Å²) in [6.45, 7) is 1.19. The molecule has 1 unspecified atom stereocenters. The van der Waals surface area contributed by atoms with Gasteiger partial charge in [0.05, 0.1) is 13.7 Å². The van der Waals surface area contributed by atoms with Gasteiger partial charge in [-0.1, -0.05) is 18.3 Å². The summed E-state index contributed by atoms with van der Waals surface area (Å²) < 4.78 is 10.8. The number of carbonyl (C=O) groups excluding carboxylic acids is 1. The number of rotatable bonds is 6. The van der Waals surface area contributed by atoms with E-state index >= 15 is 0 Å². The minimum Gasteiger partial charge on any atom is -0.497 e. The SMILES string of the molecule is CCC1C(=O)N(c2nnc(-c3ccc(OC)cc3)s2)C(=S)N1[C@@H]1O[C@H](CO)[C@@H](O)[C@H](O)[C@H]1O. The minimum atomic E-state index is -1.59. The van der Waals surface area contributed by atoms with Crippen LogP contribution in [0.15, 0.2) is 24.3 Å². The highest BCUT2D eigenvalue weighted by Crippen LogP contribution is 2.36. The van der Waals surface area contributed by atoms with Gasteiger partial charge in [0.1, 0.15) is 41.2 Å². The van der Waals surface area contributed by atoms with Gasteiger partial charge in [-0.3, -0.25) is 4.79 Å². The second kappa shape index (κ2) is 9.54. The van der Waals surface area contributed by atoms with E-state index in [2.05, 4.69) is 10.2 Å². The summed E-state index contributed by atoms with van der Waals surface area (Å²) in [5, 5.41) is 49.5. The van der Waals surface area contributed by atoms with E-state index in [-0.39, 0.29) is 16.2 Å². The van der Waals surface area contributed by atoms with Crippen LogP contribution < -0.4 is 9.64 Å². The van der Waals surface area contributed by atoms with E-state index in [1.807, 2.05) is 12.1 Å². The molecule has 178 valence electrons. The van der Waals surface area contributed by atoms with E-state index < -0.39 is 43.3 Å². The summed E-state index contributed by atoms with van der Waals surface area (Å²) in [6.07, 6.45) is -6.71. The molecular formula is C20H24N4O7S2. The van der Waals surface area contributed by atoms with Crippen molar-refractivity contribution in [3.8, 4) is 16.3 Å². The quantitative estimate of drug-likeness (QED) is 0.392. The molecule has 0 radical (unpaired) electrons. The number of thiocarbonyl (C=S) groups is 1. The predicted octanol–water partition coefficient (Wildman–Crippen LogP) is -0.274. The second-order valence-electron chi connectivity index (χ2n) is 7.63. The van der Waals surface area contributed by atoms with Crippen molar-refractivity contribution >= 4 is 39.7 Å². The molecule has 2 aromatic rings. The van der Waals surface area contributed by atoms with E-state index in [1.165, 1.54) is 21.1 Å². The maximum Gasteiger partial charge on any atom is 0.258 e. The molecule has 13 heteroatoms. The Bertz CT molecular complexity index is 1020. The Morgan fingerprint density at radius 2 is 1.85 bits per heavy atom. The monoisotopic (exact) mass is 496 g/mol. The van der Waals surface area contributed by atoms with Gasteiger partial charge in [-0.05, 0) is 42.9 Å². The number of anilines is 1. The van der Waals surface area contributed by atoms with E-state index in [0.29, 0.717) is 17.2 Å². The first-order valence-electron chi connectivity index (χ1n) is 10.3. The Kier molecular flexibility index (Phi) is 6.91. The Balaban J connectivity index is 1.63. The number of hydrogen-bond acceptors (Lipinski definition) is 11. The number of hydrogen-bond donors (Lipinski definition) is 4. The molecular weight excluding hydrogens is 472 g/mol. The first kappa shape index (κ1) is 23.9. The van der Waals surface area contributed by atoms with E-state index in [0.717, 1.165) is 5.56 Å². The molecule has 2 aliphatic heterocycles. The number of amides is 1. The number of ether oxygens (including phenoxy) is 2. The second-order valence-corrected chi connectivity index (χ2v) is 8.95. The molecule has 0 bridgehead atoms. The number of nitrogens with zero attached hydrogens (tertiary/aromatic N) is 4. The van der Waals surface area contributed by atoms with Gasteiger partial charge < -0.3 is 34.8 Å². The summed E-state index contributed by atoms with van der Waals surface area (Å²) in [5.74, 6) is 0.317. The smallest absolute Gasteiger partial charge is 0.258 e. The van der Waals surface area contributed by atoms with Crippen molar-refractivity contribution in [2.75, 3.05) is 18.6 Å². The average molecular weight is 497 g/mol. The van der Waals surface area contributed by atoms with Crippen LogP contribution in [0, 0.1) is 0 Å². The van der Waals surface area contributed by atoms with Crippen LogP contribution in [0.1, 0.15) is 13.3 Å². The van der Waals surface area contributed by atoms with Gasteiger partial charge in [0.2, 0.25) is 5.13 Å². The maximum absolute atomic E-state index is 13.3. The van der Waals surface area contributed by atoms with Crippen molar-refractivity contribution in [3.05, 3.63) is 24.3 Å². The highest BCUT2D eigenvalue weighted by Gasteiger charge is 2.53. The van der Waals surface area contributed by atoms with Gasteiger partial charge in [0, 0.05) is 5.56 Å². The number of carbonyl (C=O) groups is 1. The maximum atomic E-state index is 13.3. The normalized spacial score (nSPS) is 30.2. The molecule has 0 spiro atoms. The lowest BCUT2D eigenvalue weighted by Crippen LogP contribution is -2.64. The first-order valence-corrected chi connectivity index (χ1v) is 11.5. The average Bonchev–Trinajstić information content (AvgIpc) is 3.40. The van der Waals surface area contributed by atoms with Crippen LogP contribution in [0.2, 0.25) is 0 Å². The van der Waals surface area contributed by atoms with Crippen LogP contribution in [0.5, 0.6) is 5.75 Å². The molecule has 4 N–H and O–H groups in total. The Hall–Kier alpha value is -2.26. The number of aliphatic hydroxyl groups is 4. The number of benzene rings is 1. The highest BCUT2D eigenvalue weighted by molar-refractivity contribution is 7.80. The fourth-order valence-electron chi connectivity index (χ4n) is 3.91. The third-order valence-electron chi connectivity index (χ3n) is 5.72. The summed E-state index contributed by atoms with van der Waals surface area (Å²) in [7, 11) is 1.57. The minimum absolute atomic E-state index is 0.0219. The number of aliphatic hydroxyl groups excluding tert-OH is 4. The third-order valence-corrected chi connectivity index (χ3v) is 7.07. The third kappa shape index (κ3) is 4.10. The summed E-state index contributed by atoms with van der Waals surface area (Å²) in [5.41, 5.74) is 0.787. The van der Waals surface area contributed by atoms with Gasteiger partial charge in [-0.15, -0.1) is 10.2 Å². The molecule has 3 heterocycles. The van der Waals surface area contributed by atoms with Crippen molar-refractivity contribution in [3.63, 3.8) is 0 Å². The first-order chi connectivity index (χ1) is 15.8. The zero-order valence-corrected chi connectivity index (χ0v) is 19.4. The highest BCUT2D eigenvalue weighted by atomic mass is 32.1. The molecule has 2 saturated heterocycles. The molecule has 2 fully saturated rings. The lowest BCUT2D eigenvalue weighted by atomic mass is 9.97. The van der Waals surface area contributed by atoms with Crippen molar-refractivity contribution in [2.45, 2.75) is 50.0 Å². The molecule has 1 aromatic carbocycles. The Labute approximate surface area is 198 Å². The summed E-state index contributed by atoms with van der Waals surface area (Å²) >= 11 is 6.72. The van der Waals surface area contributed by atoms with Gasteiger partial charge >= 0.3 is 0 Å². The fourth-order valence-corrected chi connectivity index (χ4v) is 5.24. The van der Waals surface area contributed by atoms with Gasteiger partial charge in [0.25, 0.3) is 5.91 Å². The molecule has 1 amide bonds. The van der Waals surface area contributed by atoms with E-state index in [9.17, 15) is 25.2 Å². The lowest BCUT2D eigenvalue weighted by molar-refractivity contribution is -0.257. The van der Waals surface area contributed by atoms with Crippen LogP contribution in [-0.4, -0.2) is 96.9 Å². The van der Waals surface area contributed by atoms with E-state index in [4.69, 9.17) is 21.7 Å². The van der Waals surface area contributed by atoms with Crippen LogP contribution in [0.3, 0.4) is 0 Å². The van der Waals surface area contributed by atoms with Crippen molar-refractivity contribution in [1.29, 1.82) is 0 Å². The molecule has 4 rings (SSSR count). The van der Waals surface area contributed by atoms with Crippen LogP contribution in [0.4, 0.5) is 5.13 Å². The largest absolute Gasteiger partial charge is 0.497 e. The van der Waals surface area contributed by atoms with Gasteiger partial charge in [-0.2, -0.15) is 0 Å². The van der Waals surface area contributed by atoms with Crippen LogP contribution >= 0.6 is 23.6 Å². The number of aromatic nitrogens is 2. The Morgan fingerprint density at radius 3 is 2.45 bits per heavy atom. The molecule has 11 nitrogen and oxygen atoms in total. The van der Waals surface area contributed by atoms with E-state index in [1.54, 1.807) is 26.2 Å². The molecule has 0 aliphatic carbocycles. The van der Waals surface area contributed by atoms with Crippen molar-refractivity contribution < 1.29 is 34.7 Å². The molecule has 33 heavy (non-hydrogen) atoms. The standard InChI is InChI=1S/C20H24N4O7S2/c1-3-11-17(29)24(19-22-21-16(33-19)9-4-6-10(30-2)7-5-9)20(32)23(11)18-15(28)14(27)13(26)12(8-25)31-18/h4-7,11-15,18,25-28H,3,8H2,1-2H3/t11?,12-,13-,14+,15-,18-/m1/s1. The number of methoxy groups -OCH3 is 1. The van der Waals surface area contributed by atoms with Crippen LogP contribution in [0.25, 0.3) is 10.6 Å². The topological polar surface area (TPSA) is 149 Å². The molecule has 2 aliphatic rings. The van der Waals surface area contributed by atoms with Gasteiger partial charge in [0.15, 0.2) is 11.3 Å². The van der Waals surface area contributed by atoms with Crippen molar-refractivity contribution in [1.82, 2.24) is 15.1 Å². The van der Waals surface area contributed by atoms with Crippen molar-refractivity contribution in [2.24, 2.45) is 0 Å². The van der Waals surface area contributed by atoms with Gasteiger partial charge in [-0.25, -0.2) is 4.90 Å². The summed E-state index contributed by atoms with van der Waals surface area (Å²) in [6, 6.07) is 6.42. The molecule has 1 aromatic heterocycles.